The Morgan fingerprint density at radius 2 is 1.94 bits per heavy atom. The summed E-state index contributed by atoms with van der Waals surface area (Å²) in [5, 5.41) is 2.96. The molecular weight excluding hydrogens is 228 g/mol. The maximum absolute atomic E-state index is 11.6. The van der Waals surface area contributed by atoms with Gasteiger partial charge in [0.15, 0.2) is 0 Å². The summed E-state index contributed by atoms with van der Waals surface area (Å²) in [6.45, 7) is 11.2. The van der Waals surface area contributed by atoms with Gasteiger partial charge in [-0.1, -0.05) is 13.3 Å². The lowest BCUT2D eigenvalue weighted by Crippen LogP contribution is -2.46. The van der Waals surface area contributed by atoms with Crippen LogP contribution in [0.4, 0.5) is 4.79 Å². The molecule has 4 nitrogen and oxygen atoms in total. The highest BCUT2D eigenvalue weighted by Crippen LogP contribution is 2.12. The highest BCUT2D eigenvalue weighted by atomic mass is 16.6. The molecule has 1 saturated heterocycles. The van der Waals surface area contributed by atoms with Gasteiger partial charge in [0.25, 0.3) is 0 Å². The summed E-state index contributed by atoms with van der Waals surface area (Å²) in [6, 6.07) is 0.276. The van der Waals surface area contributed by atoms with Gasteiger partial charge >= 0.3 is 6.09 Å². The van der Waals surface area contributed by atoms with Gasteiger partial charge in [-0.3, -0.25) is 0 Å². The van der Waals surface area contributed by atoms with Crippen LogP contribution in [0.2, 0.25) is 0 Å². The summed E-state index contributed by atoms with van der Waals surface area (Å²) in [5.41, 5.74) is -0.411. The Morgan fingerprint density at radius 3 is 2.44 bits per heavy atom. The molecule has 0 aromatic heterocycles. The number of ether oxygens (including phenoxy) is 1. The maximum atomic E-state index is 11.6. The molecule has 1 aliphatic heterocycles. The van der Waals surface area contributed by atoms with E-state index in [4.69, 9.17) is 4.74 Å². The normalized spacial score (nSPS) is 18.7. The third kappa shape index (κ3) is 6.24. The van der Waals surface area contributed by atoms with E-state index in [9.17, 15) is 4.79 Å². The second-order valence-electron chi connectivity index (χ2n) is 6.12. The lowest BCUT2D eigenvalue weighted by atomic mass is 10.1. The molecule has 0 radical (unpaired) electrons. The van der Waals surface area contributed by atoms with E-state index in [1.165, 1.54) is 19.4 Å². The standard InChI is InChI=1S/C14H28N2O2/c1-5-6-9-16-10-7-12(8-11-16)15-13(17)18-14(2,3)4/h12H,5-11H2,1-4H3,(H,15,17). The van der Waals surface area contributed by atoms with Crippen molar-refractivity contribution in [1.29, 1.82) is 0 Å². The molecule has 0 unspecified atom stereocenters. The van der Waals surface area contributed by atoms with E-state index < -0.39 is 5.60 Å². The van der Waals surface area contributed by atoms with Crippen LogP contribution in [-0.4, -0.2) is 42.3 Å². The first-order chi connectivity index (χ1) is 8.40. The summed E-state index contributed by atoms with van der Waals surface area (Å²) in [6.07, 6.45) is 4.29. The summed E-state index contributed by atoms with van der Waals surface area (Å²) in [7, 11) is 0. The number of rotatable bonds is 4. The highest BCUT2D eigenvalue weighted by molar-refractivity contribution is 5.68. The summed E-state index contributed by atoms with van der Waals surface area (Å²) >= 11 is 0. The van der Waals surface area contributed by atoms with Gasteiger partial charge in [-0.05, 0) is 46.6 Å². The van der Waals surface area contributed by atoms with Crippen molar-refractivity contribution in [3.8, 4) is 0 Å². The minimum atomic E-state index is -0.411. The number of carbonyl (C=O) groups excluding carboxylic acids is 1. The van der Waals surface area contributed by atoms with E-state index in [1.54, 1.807) is 0 Å². The quantitative estimate of drug-likeness (QED) is 0.841. The van der Waals surface area contributed by atoms with Gasteiger partial charge in [0.1, 0.15) is 5.60 Å². The van der Waals surface area contributed by atoms with Crippen LogP contribution in [0.25, 0.3) is 0 Å². The first-order valence-corrected chi connectivity index (χ1v) is 7.12. The van der Waals surface area contributed by atoms with Crippen LogP contribution < -0.4 is 5.32 Å². The van der Waals surface area contributed by atoms with Gasteiger partial charge in [-0.15, -0.1) is 0 Å². The van der Waals surface area contributed by atoms with Crippen molar-refractivity contribution in [2.75, 3.05) is 19.6 Å². The molecule has 106 valence electrons. The Kier molecular flexibility index (Phi) is 5.93. The number of carbonyl (C=O) groups is 1. The van der Waals surface area contributed by atoms with E-state index >= 15 is 0 Å². The van der Waals surface area contributed by atoms with E-state index in [0.29, 0.717) is 0 Å². The highest BCUT2D eigenvalue weighted by Gasteiger charge is 2.23. The number of nitrogens with zero attached hydrogens (tertiary/aromatic N) is 1. The summed E-state index contributed by atoms with van der Waals surface area (Å²) < 4.78 is 5.27. The average molecular weight is 256 g/mol. The molecule has 0 spiro atoms. The number of likely N-dealkylation sites (tertiary alicyclic amines) is 1. The molecule has 1 heterocycles. The van der Waals surface area contributed by atoms with Crippen molar-refractivity contribution < 1.29 is 9.53 Å². The third-order valence-corrected chi connectivity index (χ3v) is 3.14. The largest absolute Gasteiger partial charge is 0.444 e. The smallest absolute Gasteiger partial charge is 0.407 e. The molecule has 0 aliphatic carbocycles. The van der Waals surface area contributed by atoms with E-state index in [0.717, 1.165) is 25.9 Å². The molecule has 1 aliphatic rings. The number of unbranched alkanes of at least 4 members (excludes halogenated alkanes) is 1. The predicted molar refractivity (Wildman–Crippen MR) is 73.7 cm³/mol. The molecule has 0 aromatic rings. The molecule has 1 N–H and O–H groups in total. The Balaban J connectivity index is 2.21. The number of piperidine rings is 1. The van der Waals surface area contributed by atoms with Crippen molar-refractivity contribution in [1.82, 2.24) is 10.2 Å². The monoisotopic (exact) mass is 256 g/mol. The van der Waals surface area contributed by atoms with Crippen LogP contribution >= 0.6 is 0 Å². The van der Waals surface area contributed by atoms with Gasteiger partial charge < -0.3 is 15.0 Å². The molecule has 4 heteroatoms. The van der Waals surface area contributed by atoms with E-state index in [-0.39, 0.29) is 12.1 Å². The lowest BCUT2D eigenvalue weighted by molar-refractivity contribution is 0.0479. The fourth-order valence-electron chi connectivity index (χ4n) is 2.16. The Labute approximate surface area is 111 Å². The molecule has 1 amide bonds. The van der Waals surface area contributed by atoms with Crippen molar-refractivity contribution in [2.24, 2.45) is 0 Å². The van der Waals surface area contributed by atoms with Crippen molar-refractivity contribution in [2.45, 2.75) is 65.0 Å². The minimum absolute atomic E-state index is 0.276. The minimum Gasteiger partial charge on any atom is -0.444 e. The number of hydrogen-bond acceptors (Lipinski definition) is 3. The molecule has 0 aromatic carbocycles. The van der Waals surface area contributed by atoms with Crippen LogP contribution in [0.15, 0.2) is 0 Å². The molecular formula is C14H28N2O2. The fraction of sp³-hybridized carbons (Fsp3) is 0.929. The van der Waals surface area contributed by atoms with Gasteiger partial charge in [-0.25, -0.2) is 4.79 Å². The fourth-order valence-corrected chi connectivity index (χ4v) is 2.16. The number of amides is 1. The van der Waals surface area contributed by atoms with Crippen molar-refractivity contribution in [3.05, 3.63) is 0 Å². The SMILES string of the molecule is CCCCN1CCC(NC(=O)OC(C)(C)C)CC1. The van der Waals surface area contributed by atoms with E-state index in [1.807, 2.05) is 20.8 Å². The topological polar surface area (TPSA) is 41.6 Å². The van der Waals surface area contributed by atoms with Crippen molar-refractivity contribution in [3.63, 3.8) is 0 Å². The van der Waals surface area contributed by atoms with Crippen LogP contribution in [0.1, 0.15) is 53.4 Å². The zero-order valence-electron chi connectivity index (χ0n) is 12.3. The van der Waals surface area contributed by atoms with Crippen LogP contribution in [0.3, 0.4) is 0 Å². The molecule has 0 atom stereocenters. The number of hydrogen-bond donors (Lipinski definition) is 1. The van der Waals surface area contributed by atoms with E-state index in [2.05, 4.69) is 17.1 Å². The Morgan fingerprint density at radius 1 is 1.33 bits per heavy atom. The molecule has 0 bridgehead atoms. The zero-order chi connectivity index (χ0) is 13.6. The van der Waals surface area contributed by atoms with Gasteiger partial charge in [0.2, 0.25) is 0 Å². The predicted octanol–water partition coefficient (Wildman–Crippen LogP) is 2.78. The van der Waals surface area contributed by atoms with Gasteiger partial charge in [-0.2, -0.15) is 0 Å². The second-order valence-corrected chi connectivity index (χ2v) is 6.12. The average Bonchev–Trinajstić information content (AvgIpc) is 2.25. The zero-order valence-corrected chi connectivity index (χ0v) is 12.3. The number of alkyl carbamates (subject to hydrolysis) is 1. The van der Waals surface area contributed by atoms with Crippen LogP contribution in [0.5, 0.6) is 0 Å². The summed E-state index contributed by atoms with van der Waals surface area (Å²) in [4.78, 5) is 14.1. The first-order valence-electron chi connectivity index (χ1n) is 7.12. The second kappa shape index (κ2) is 6.98. The van der Waals surface area contributed by atoms with Crippen LogP contribution in [0, 0.1) is 0 Å². The Hall–Kier alpha value is -0.770. The third-order valence-electron chi connectivity index (χ3n) is 3.14. The lowest BCUT2D eigenvalue weighted by Gasteiger charge is -2.32. The van der Waals surface area contributed by atoms with Gasteiger partial charge in [0, 0.05) is 19.1 Å². The van der Waals surface area contributed by atoms with Crippen LogP contribution in [-0.2, 0) is 4.74 Å². The summed E-state index contributed by atoms with van der Waals surface area (Å²) in [5.74, 6) is 0. The maximum Gasteiger partial charge on any atom is 0.407 e. The molecule has 1 fully saturated rings. The molecule has 0 saturated carbocycles. The number of nitrogens with one attached hydrogen (secondary N) is 1. The Bertz CT molecular complexity index is 253. The molecule has 18 heavy (non-hydrogen) atoms. The molecule has 1 rings (SSSR count). The first kappa shape index (κ1) is 15.3. The van der Waals surface area contributed by atoms with Gasteiger partial charge in [0.05, 0.1) is 0 Å². The van der Waals surface area contributed by atoms with Crippen molar-refractivity contribution >= 4 is 6.09 Å².